The molecule has 0 aliphatic heterocycles. The number of halogens is 1. The first kappa shape index (κ1) is 10.6. The lowest BCUT2D eigenvalue weighted by molar-refractivity contribution is 0.253. The third-order valence-corrected chi connectivity index (χ3v) is 4.57. The van der Waals surface area contributed by atoms with Crippen LogP contribution in [-0.4, -0.2) is 0 Å². The van der Waals surface area contributed by atoms with Gasteiger partial charge in [0.15, 0.2) is 0 Å². The molecule has 0 saturated heterocycles. The van der Waals surface area contributed by atoms with Crippen molar-refractivity contribution < 1.29 is 0 Å². The zero-order valence-corrected chi connectivity index (χ0v) is 10.3. The Morgan fingerprint density at radius 3 is 2.50 bits per heavy atom. The van der Waals surface area contributed by atoms with E-state index >= 15 is 0 Å². The molecule has 0 unspecified atom stereocenters. The summed E-state index contributed by atoms with van der Waals surface area (Å²) in [4.78, 5) is 0. The summed E-state index contributed by atoms with van der Waals surface area (Å²) >= 11 is 6.38. The van der Waals surface area contributed by atoms with E-state index in [1.54, 1.807) is 0 Å². The molecule has 0 heterocycles. The lowest BCUT2D eigenvalue weighted by Gasteiger charge is -2.39. The van der Waals surface area contributed by atoms with Gasteiger partial charge in [0.05, 0.1) is 0 Å². The second-order valence-corrected chi connectivity index (χ2v) is 5.72. The van der Waals surface area contributed by atoms with E-state index in [0.29, 0.717) is 0 Å². The van der Waals surface area contributed by atoms with E-state index in [4.69, 9.17) is 17.3 Å². The van der Waals surface area contributed by atoms with Gasteiger partial charge in [-0.2, -0.15) is 0 Å². The predicted octanol–water partition coefficient (Wildman–Crippen LogP) is 3.56. The average molecular weight is 236 g/mol. The van der Waals surface area contributed by atoms with Gasteiger partial charge in [0.1, 0.15) is 0 Å². The molecule has 2 N–H and O–H groups in total. The van der Waals surface area contributed by atoms with Gasteiger partial charge in [0.2, 0.25) is 0 Å². The Morgan fingerprint density at radius 1 is 1.06 bits per heavy atom. The highest BCUT2D eigenvalue weighted by Gasteiger charge is 2.35. The molecular formula is C14H18ClN. The predicted molar refractivity (Wildman–Crippen MR) is 67.8 cm³/mol. The van der Waals surface area contributed by atoms with Crippen molar-refractivity contribution in [1.82, 2.24) is 0 Å². The van der Waals surface area contributed by atoms with Crippen LogP contribution in [-0.2, 0) is 18.4 Å². The Kier molecular flexibility index (Phi) is 2.49. The third-order valence-electron chi connectivity index (χ3n) is 4.23. The number of nitrogens with two attached hydrogens (primary N) is 1. The Labute approximate surface area is 102 Å². The van der Waals surface area contributed by atoms with Gasteiger partial charge in [-0.1, -0.05) is 17.7 Å². The Bertz CT molecular complexity index is 421. The number of aryl methyl sites for hydroxylation is 1. The van der Waals surface area contributed by atoms with Gasteiger partial charge < -0.3 is 5.73 Å². The van der Waals surface area contributed by atoms with Crippen LogP contribution in [0.3, 0.4) is 0 Å². The average Bonchev–Trinajstić information content (AvgIpc) is 2.26. The molecule has 1 aromatic carbocycles. The third kappa shape index (κ3) is 1.57. The molecule has 1 nitrogen and oxygen atoms in total. The van der Waals surface area contributed by atoms with Crippen LogP contribution >= 0.6 is 11.6 Å². The summed E-state index contributed by atoms with van der Waals surface area (Å²) in [5.41, 5.74) is 10.4. The van der Waals surface area contributed by atoms with Gasteiger partial charge in [-0.3, -0.25) is 0 Å². The van der Waals surface area contributed by atoms with E-state index in [1.165, 1.54) is 42.4 Å². The molecule has 0 amide bonds. The largest absolute Gasteiger partial charge is 0.321 e. The first-order valence-electron chi connectivity index (χ1n) is 6.30. The molecule has 0 radical (unpaired) electrons. The Balaban J connectivity index is 2.05. The van der Waals surface area contributed by atoms with Crippen LogP contribution in [0.5, 0.6) is 0 Å². The van der Waals surface area contributed by atoms with Gasteiger partial charge in [0, 0.05) is 10.6 Å². The zero-order valence-electron chi connectivity index (χ0n) is 9.56. The van der Waals surface area contributed by atoms with Crippen LogP contribution in [0, 0.1) is 0 Å². The van der Waals surface area contributed by atoms with Crippen molar-refractivity contribution in [3.8, 4) is 0 Å². The molecule has 3 rings (SSSR count). The molecule has 1 fully saturated rings. The lowest BCUT2D eigenvalue weighted by Crippen LogP contribution is -2.43. The maximum atomic E-state index is 6.38. The summed E-state index contributed by atoms with van der Waals surface area (Å²) in [6, 6.07) is 4.43. The van der Waals surface area contributed by atoms with Gasteiger partial charge >= 0.3 is 0 Å². The summed E-state index contributed by atoms with van der Waals surface area (Å²) < 4.78 is 0. The maximum absolute atomic E-state index is 6.38. The fourth-order valence-corrected chi connectivity index (χ4v) is 3.28. The van der Waals surface area contributed by atoms with Crippen molar-refractivity contribution in [2.45, 2.75) is 50.5 Å². The number of fused-ring (bicyclic) bond motifs is 1. The zero-order chi connectivity index (χ0) is 11.2. The van der Waals surface area contributed by atoms with Crippen molar-refractivity contribution >= 4 is 11.6 Å². The first-order valence-corrected chi connectivity index (χ1v) is 6.67. The summed E-state index contributed by atoms with van der Waals surface area (Å²) in [5.74, 6) is 0. The molecule has 0 aromatic heterocycles. The fourth-order valence-electron chi connectivity index (χ4n) is 2.95. The minimum atomic E-state index is -0.0733. The summed E-state index contributed by atoms with van der Waals surface area (Å²) in [6.45, 7) is 0. The molecule has 1 saturated carbocycles. The van der Waals surface area contributed by atoms with Crippen molar-refractivity contribution in [3.63, 3.8) is 0 Å². The molecule has 0 bridgehead atoms. The van der Waals surface area contributed by atoms with E-state index in [9.17, 15) is 0 Å². The summed E-state index contributed by atoms with van der Waals surface area (Å²) in [6.07, 6.45) is 8.38. The smallest absolute Gasteiger partial charge is 0.0444 e. The minimum absolute atomic E-state index is 0.0733. The SMILES string of the molecule is NC1(c2cc(Cl)c3c(c2)CCCC3)CCC1. The summed E-state index contributed by atoms with van der Waals surface area (Å²) in [7, 11) is 0. The minimum Gasteiger partial charge on any atom is -0.321 e. The van der Waals surface area contributed by atoms with Gasteiger partial charge in [-0.15, -0.1) is 0 Å². The Hall–Kier alpha value is -0.530. The normalized spacial score (nSPS) is 22.4. The van der Waals surface area contributed by atoms with Crippen LogP contribution in [0.1, 0.15) is 48.8 Å². The number of hydrogen-bond donors (Lipinski definition) is 1. The fraction of sp³-hybridized carbons (Fsp3) is 0.571. The highest BCUT2D eigenvalue weighted by Crippen LogP contribution is 2.41. The van der Waals surface area contributed by atoms with E-state index in [-0.39, 0.29) is 5.54 Å². The van der Waals surface area contributed by atoms with Gasteiger partial charge in [-0.05, 0) is 67.7 Å². The Morgan fingerprint density at radius 2 is 1.81 bits per heavy atom. The molecule has 16 heavy (non-hydrogen) atoms. The van der Waals surface area contributed by atoms with Crippen molar-refractivity contribution in [2.75, 3.05) is 0 Å². The van der Waals surface area contributed by atoms with E-state index < -0.39 is 0 Å². The van der Waals surface area contributed by atoms with Crippen LogP contribution in [0.2, 0.25) is 5.02 Å². The topological polar surface area (TPSA) is 26.0 Å². The molecule has 0 atom stereocenters. The standard InChI is InChI=1S/C14H18ClN/c15-13-9-11(14(16)6-3-7-14)8-10-4-1-2-5-12(10)13/h8-9H,1-7,16H2. The molecular weight excluding hydrogens is 218 g/mol. The van der Waals surface area contributed by atoms with Crippen molar-refractivity contribution in [3.05, 3.63) is 33.8 Å². The number of hydrogen-bond acceptors (Lipinski definition) is 1. The van der Waals surface area contributed by atoms with Crippen molar-refractivity contribution in [1.29, 1.82) is 0 Å². The van der Waals surface area contributed by atoms with Crippen LogP contribution in [0.4, 0.5) is 0 Å². The second kappa shape index (κ2) is 3.75. The van der Waals surface area contributed by atoms with Crippen LogP contribution in [0.25, 0.3) is 0 Å². The molecule has 0 spiro atoms. The van der Waals surface area contributed by atoms with E-state index in [0.717, 1.165) is 24.3 Å². The number of rotatable bonds is 1. The van der Waals surface area contributed by atoms with E-state index in [2.05, 4.69) is 12.1 Å². The van der Waals surface area contributed by atoms with Crippen molar-refractivity contribution in [2.24, 2.45) is 5.73 Å². The number of benzene rings is 1. The monoisotopic (exact) mass is 235 g/mol. The highest BCUT2D eigenvalue weighted by molar-refractivity contribution is 6.31. The van der Waals surface area contributed by atoms with Crippen LogP contribution < -0.4 is 5.73 Å². The lowest BCUT2D eigenvalue weighted by atomic mass is 9.71. The van der Waals surface area contributed by atoms with Gasteiger partial charge in [-0.25, -0.2) is 0 Å². The molecule has 2 aliphatic rings. The highest BCUT2D eigenvalue weighted by atomic mass is 35.5. The van der Waals surface area contributed by atoms with Gasteiger partial charge in [0.25, 0.3) is 0 Å². The molecule has 2 aliphatic carbocycles. The molecule has 86 valence electrons. The summed E-state index contributed by atoms with van der Waals surface area (Å²) in [5, 5.41) is 0.948. The first-order chi connectivity index (χ1) is 7.69. The second-order valence-electron chi connectivity index (χ2n) is 5.31. The van der Waals surface area contributed by atoms with Crippen LogP contribution in [0.15, 0.2) is 12.1 Å². The molecule has 1 aromatic rings. The van der Waals surface area contributed by atoms with E-state index in [1.807, 2.05) is 0 Å². The maximum Gasteiger partial charge on any atom is 0.0444 e. The molecule has 2 heteroatoms. The quantitative estimate of drug-likeness (QED) is 0.792.